The Morgan fingerprint density at radius 3 is 1.86 bits per heavy atom. The van der Waals surface area contributed by atoms with Crippen LogP contribution in [0.5, 0.6) is 0 Å². The molecule has 1 amide bonds. The van der Waals surface area contributed by atoms with Gasteiger partial charge in [-0.05, 0) is 29.3 Å². The maximum absolute atomic E-state index is 13.6. The minimum atomic E-state index is -4.21. The summed E-state index contributed by atoms with van der Waals surface area (Å²) in [5, 5.41) is 14.3. The number of sulfonamides is 1. The van der Waals surface area contributed by atoms with E-state index in [1.165, 1.54) is 30.3 Å². The van der Waals surface area contributed by atoms with Gasteiger partial charge in [-0.3, -0.25) is 19.2 Å². The molecule has 0 saturated carbocycles. The number of carbonyl (C=O) groups is 1. The maximum atomic E-state index is 13.6. The molecule has 9 heteroatoms. The second kappa shape index (κ2) is 10.8. The second-order valence-electron chi connectivity index (χ2n) is 7.92. The number of non-ortho nitro benzene ring substituents is 1. The van der Waals surface area contributed by atoms with Crippen LogP contribution in [0.25, 0.3) is 0 Å². The number of nitro groups is 1. The van der Waals surface area contributed by atoms with E-state index in [0.29, 0.717) is 0 Å². The normalized spacial score (nSPS) is 11.1. The summed E-state index contributed by atoms with van der Waals surface area (Å²) in [5.74, 6) is -0.571. The number of benzene rings is 4. The lowest BCUT2D eigenvalue weighted by Gasteiger charge is -2.26. The van der Waals surface area contributed by atoms with Gasteiger partial charge in [-0.2, -0.15) is 0 Å². The summed E-state index contributed by atoms with van der Waals surface area (Å²) >= 11 is 0. The van der Waals surface area contributed by atoms with E-state index in [9.17, 15) is 23.3 Å². The fraction of sp³-hybridized carbons (Fsp3) is 0.0741. The van der Waals surface area contributed by atoms with E-state index < -0.39 is 33.4 Å². The van der Waals surface area contributed by atoms with Crippen molar-refractivity contribution in [3.05, 3.63) is 137 Å². The van der Waals surface area contributed by atoms with Crippen LogP contribution >= 0.6 is 0 Å². The lowest BCUT2D eigenvalue weighted by Crippen LogP contribution is -2.42. The number of rotatable bonds is 9. The number of nitrogens with one attached hydrogen (secondary N) is 1. The molecule has 0 radical (unpaired) electrons. The Labute approximate surface area is 209 Å². The minimum absolute atomic E-state index is 0.0131. The van der Waals surface area contributed by atoms with Gasteiger partial charge in [-0.25, -0.2) is 8.42 Å². The first-order chi connectivity index (χ1) is 17.4. The van der Waals surface area contributed by atoms with Crippen LogP contribution in [-0.2, 0) is 14.8 Å². The topological polar surface area (TPSA) is 110 Å². The van der Waals surface area contributed by atoms with Crippen molar-refractivity contribution < 1.29 is 18.1 Å². The van der Waals surface area contributed by atoms with Crippen LogP contribution in [0.2, 0.25) is 0 Å². The fourth-order valence-electron chi connectivity index (χ4n) is 3.78. The molecule has 0 fully saturated rings. The van der Waals surface area contributed by atoms with Gasteiger partial charge in [-0.15, -0.1) is 0 Å². The summed E-state index contributed by atoms with van der Waals surface area (Å²) in [6.07, 6.45) is 0. The van der Waals surface area contributed by atoms with Crippen LogP contribution < -0.4 is 9.62 Å². The van der Waals surface area contributed by atoms with Gasteiger partial charge in [0.2, 0.25) is 5.91 Å². The van der Waals surface area contributed by atoms with Crippen LogP contribution in [0.1, 0.15) is 17.2 Å². The molecule has 0 saturated heterocycles. The molecule has 0 aliphatic heterocycles. The molecule has 36 heavy (non-hydrogen) atoms. The highest BCUT2D eigenvalue weighted by Crippen LogP contribution is 2.27. The number of anilines is 1. The molecule has 0 aliphatic rings. The zero-order chi connectivity index (χ0) is 25.5. The van der Waals surface area contributed by atoms with Gasteiger partial charge in [0, 0.05) is 12.1 Å². The number of hydrogen-bond acceptors (Lipinski definition) is 5. The van der Waals surface area contributed by atoms with E-state index in [0.717, 1.165) is 21.5 Å². The number of nitro benzene ring substituents is 1. The Kier molecular flexibility index (Phi) is 7.41. The molecule has 1 N–H and O–H groups in total. The molecule has 0 heterocycles. The third kappa shape index (κ3) is 5.59. The standard InChI is InChI=1S/C27H23N3O5S/c31-26(28-27(21-11-4-1-5-12-21)22-13-6-2-7-14-22)20-29(23-15-10-16-24(19-23)30(32)33)36(34,35)25-17-8-3-9-18-25/h1-19,27H,20H2,(H,28,31). The van der Waals surface area contributed by atoms with E-state index in [-0.39, 0.29) is 16.3 Å². The van der Waals surface area contributed by atoms with Gasteiger partial charge in [0.05, 0.1) is 21.5 Å². The van der Waals surface area contributed by atoms with Gasteiger partial charge >= 0.3 is 0 Å². The average Bonchev–Trinajstić information content (AvgIpc) is 2.92. The van der Waals surface area contributed by atoms with Crippen molar-refractivity contribution in [2.75, 3.05) is 10.8 Å². The highest BCUT2D eigenvalue weighted by molar-refractivity contribution is 7.92. The molecule has 4 aromatic rings. The molecular formula is C27H23N3O5S. The SMILES string of the molecule is O=C(CN(c1cccc([N+](=O)[O-])c1)S(=O)(=O)c1ccccc1)NC(c1ccccc1)c1ccccc1. The lowest BCUT2D eigenvalue weighted by molar-refractivity contribution is -0.384. The number of amides is 1. The zero-order valence-electron chi connectivity index (χ0n) is 19.1. The Hall–Kier alpha value is -4.50. The first-order valence-corrected chi connectivity index (χ1v) is 12.5. The summed E-state index contributed by atoms with van der Waals surface area (Å²) < 4.78 is 28.0. The maximum Gasteiger partial charge on any atom is 0.271 e. The molecule has 182 valence electrons. The molecular weight excluding hydrogens is 478 g/mol. The Bertz CT molecular complexity index is 1410. The van der Waals surface area contributed by atoms with Crippen molar-refractivity contribution in [2.24, 2.45) is 0 Å². The first kappa shape index (κ1) is 24.6. The van der Waals surface area contributed by atoms with Gasteiger partial charge in [0.1, 0.15) is 6.54 Å². The van der Waals surface area contributed by atoms with Crippen molar-refractivity contribution in [1.29, 1.82) is 0 Å². The van der Waals surface area contributed by atoms with Crippen molar-refractivity contribution >= 4 is 27.3 Å². The summed E-state index contributed by atoms with van der Waals surface area (Å²) in [6, 6.07) is 31.0. The number of nitrogens with zero attached hydrogens (tertiary/aromatic N) is 2. The van der Waals surface area contributed by atoms with E-state index in [2.05, 4.69) is 5.32 Å². The van der Waals surface area contributed by atoms with E-state index in [1.807, 2.05) is 60.7 Å². The highest BCUT2D eigenvalue weighted by Gasteiger charge is 2.29. The summed E-state index contributed by atoms with van der Waals surface area (Å²) in [7, 11) is -4.21. The molecule has 0 unspecified atom stereocenters. The monoisotopic (exact) mass is 501 g/mol. The zero-order valence-corrected chi connectivity index (χ0v) is 19.9. The third-order valence-electron chi connectivity index (χ3n) is 5.52. The van der Waals surface area contributed by atoms with Crippen LogP contribution in [0.15, 0.2) is 120 Å². The van der Waals surface area contributed by atoms with Crippen LogP contribution in [0.3, 0.4) is 0 Å². The quantitative estimate of drug-likeness (QED) is 0.264. The van der Waals surface area contributed by atoms with Crippen molar-refractivity contribution in [3.8, 4) is 0 Å². The van der Waals surface area contributed by atoms with Gasteiger partial charge in [0.15, 0.2) is 0 Å². The smallest absolute Gasteiger partial charge is 0.271 e. The van der Waals surface area contributed by atoms with Crippen LogP contribution in [0, 0.1) is 10.1 Å². The van der Waals surface area contributed by atoms with Crippen molar-refractivity contribution in [1.82, 2.24) is 5.32 Å². The van der Waals surface area contributed by atoms with Crippen LogP contribution in [-0.4, -0.2) is 25.8 Å². The predicted octanol–water partition coefficient (Wildman–Crippen LogP) is 4.70. The highest BCUT2D eigenvalue weighted by atomic mass is 32.2. The molecule has 0 aliphatic carbocycles. The number of carbonyl (C=O) groups excluding carboxylic acids is 1. The largest absolute Gasteiger partial charge is 0.344 e. The van der Waals surface area contributed by atoms with E-state index in [1.54, 1.807) is 18.2 Å². The van der Waals surface area contributed by atoms with Crippen LogP contribution in [0.4, 0.5) is 11.4 Å². The first-order valence-electron chi connectivity index (χ1n) is 11.1. The predicted molar refractivity (Wildman–Crippen MR) is 137 cm³/mol. The molecule has 0 bridgehead atoms. The number of hydrogen-bond donors (Lipinski definition) is 1. The third-order valence-corrected chi connectivity index (χ3v) is 7.31. The lowest BCUT2D eigenvalue weighted by atomic mass is 9.99. The summed E-state index contributed by atoms with van der Waals surface area (Å²) in [4.78, 5) is 24.0. The van der Waals surface area contributed by atoms with E-state index in [4.69, 9.17) is 0 Å². The Balaban J connectivity index is 1.70. The summed E-state index contributed by atoms with van der Waals surface area (Å²) in [5.41, 5.74) is 1.38. The Morgan fingerprint density at radius 1 is 0.806 bits per heavy atom. The van der Waals surface area contributed by atoms with Crippen molar-refractivity contribution in [2.45, 2.75) is 10.9 Å². The van der Waals surface area contributed by atoms with Gasteiger partial charge in [0.25, 0.3) is 15.7 Å². The molecule has 0 atom stereocenters. The minimum Gasteiger partial charge on any atom is -0.344 e. The molecule has 0 aromatic heterocycles. The Morgan fingerprint density at radius 2 is 1.33 bits per heavy atom. The summed E-state index contributed by atoms with van der Waals surface area (Å²) in [6.45, 7) is -0.575. The van der Waals surface area contributed by atoms with Gasteiger partial charge in [-0.1, -0.05) is 84.9 Å². The molecule has 4 rings (SSSR count). The van der Waals surface area contributed by atoms with Crippen molar-refractivity contribution in [3.63, 3.8) is 0 Å². The molecule has 8 nitrogen and oxygen atoms in total. The van der Waals surface area contributed by atoms with Gasteiger partial charge < -0.3 is 5.32 Å². The molecule has 0 spiro atoms. The van der Waals surface area contributed by atoms with E-state index >= 15 is 0 Å². The fourth-order valence-corrected chi connectivity index (χ4v) is 5.22. The molecule has 4 aromatic carbocycles. The average molecular weight is 502 g/mol. The second-order valence-corrected chi connectivity index (χ2v) is 9.79.